The van der Waals surface area contributed by atoms with Gasteiger partial charge >= 0.3 is 0 Å². The second-order valence-electron chi connectivity index (χ2n) is 4.53. The molecule has 0 unspecified atom stereocenters. The van der Waals surface area contributed by atoms with Crippen LogP contribution in [0.25, 0.3) is 0 Å². The first-order valence-corrected chi connectivity index (χ1v) is 6.37. The van der Waals surface area contributed by atoms with E-state index in [2.05, 4.69) is 15.3 Å². The highest BCUT2D eigenvalue weighted by atomic mass is 35.5. The largest absolute Gasteiger partial charge is 0.384 e. The van der Waals surface area contributed by atoms with Gasteiger partial charge in [0.1, 0.15) is 23.3 Å². The van der Waals surface area contributed by atoms with E-state index in [-0.39, 0.29) is 5.69 Å². The van der Waals surface area contributed by atoms with Crippen LogP contribution in [0.5, 0.6) is 0 Å². The fraction of sp³-hybridized carbons (Fsp3) is 0.231. The number of hydrogen-bond acceptors (Lipinski definition) is 4. The van der Waals surface area contributed by atoms with Crippen LogP contribution in [0.3, 0.4) is 0 Å². The average molecular weight is 279 g/mol. The van der Waals surface area contributed by atoms with Crippen molar-refractivity contribution in [2.45, 2.75) is 18.8 Å². The van der Waals surface area contributed by atoms with Crippen molar-refractivity contribution < 1.29 is 4.39 Å². The van der Waals surface area contributed by atoms with E-state index in [0.717, 1.165) is 12.8 Å². The van der Waals surface area contributed by atoms with E-state index >= 15 is 0 Å². The van der Waals surface area contributed by atoms with Crippen molar-refractivity contribution >= 4 is 28.9 Å². The highest BCUT2D eigenvalue weighted by Gasteiger charge is 2.27. The Morgan fingerprint density at radius 3 is 2.79 bits per heavy atom. The molecule has 0 atom stereocenters. The van der Waals surface area contributed by atoms with Gasteiger partial charge in [-0.25, -0.2) is 14.4 Å². The molecule has 0 aliphatic heterocycles. The average Bonchev–Trinajstić information content (AvgIpc) is 3.17. The molecule has 19 heavy (non-hydrogen) atoms. The third-order valence-corrected chi connectivity index (χ3v) is 3.24. The molecule has 3 N–H and O–H groups in total. The van der Waals surface area contributed by atoms with Crippen LogP contribution in [-0.2, 0) is 0 Å². The summed E-state index contributed by atoms with van der Waals surface area (Å²) in [4.78, 5) is 8.53. The summed E-state index contributed by atoms with van der Waals surface area (Å²) < 4.78 is 13.7. The van der Waals surface area contributed by atoms with Gasteiger partial charge in [0.15, 0.2) is 0 Å². The monoisotopic (exact) mass is 278 g/mol. The maximum Gasteiger partial charge on any atom is 0.148 e. The van der Waals surface area contributed by atoms with E-state index in [1.807, 2.05) is 0 Å². The van der Waals surface area contributed by atoms with E-state index in [1.54, 1.807) is 18.2 Å². The SMILES string of the molecule is Nc1cc(Nc2c(F)cccc2Cl)nc(C2CC2)n1. The number of benzene rings is 1. The standard InChI is InChI=1S/C13H12ClFN4/c14-8-2-1-3-9(15)12(8)18-11-6-10(16)17-13(19-11)7-4-5-7/h1-3,6-7H,4-5H2,(H3,16,17,18,19). The van der Waals surface area contributed by atoms with Crippen LogP contribution < -0.4 is 11.1 Å². The molecular weight excluding hydrogens is 267 g/mol. The number of anilines is 3. The van der Waals surface area contributed by atoms with Gasteiger partial charge in [-0.1, -0.05) is 17.7 Å². The number of halogens is 2. The smallest absolute Gasteiger partial charge is 0.148 e. The van der Waals surface area contributed by atoms with Gasteiger partial charge in [0.2, 0.25) is 0 Å². The van der Waals surface area contributed by atoms with Gasteiger partial charge in [0.05, 0.1) is 10.7 Å². The number of hydrogen-bond donors (Lipinski definition) is 2. The van der Waals surface area contributed by atoms with Crippen molar-refractivity contribution in [3.63, 3.8) is 0 Å². The second-order valence-corrected chi connectivity index (χ2v) is 4.94. The Balaban J connectivity index is 1.94. The lowest BCUT2D eigenvalue weighted by atomic mass is 10.3. The summed E-state index contributed by atoms with van der Waals surface area (Å²) in [5.74, 6) is 1.47. The molecule has 6 heteroatoms. The maximum absolute atomic E-state index is 13.7. The van der Waals surface area contributed by atoms with Gasteiger partial charge in [0, 0.05) is 12.0 Å². The van der Waals surface area contributed by atoms with E-state index in [1.165, 1.54) is 6.07 Å². The van der Waals surface area contributed by atoms with Gasteiger partial charge in [0.25, 0.3) is 0 Å². The highest BCUT2D eigenvalue weighted by Crippen LogP contribution is 2.39. The van der Waals surface area contributed by atoms with Crippen molar-refractivity contribution in [2.24, 2.45) is 0 Å². The molecule has 98 valence electrons. The molecule has 2 aromatic rings. The number of nitrogen functional groups attached to an aromatic ring is 1. The number of nitrogens with zero attached hydrogens (tertiary/aromatic N) is 2. The molecular formula is C13H12ClFN4. The minimum atomic E-state index is -0.433. The van der Waals surface area contributed by atoms with Gasteiger partial charge in [-0.2, -0.15) is 0 Å². The molecule has 1 fully saturated rings. The molecule has 0 saturated heterocycles. The fourth-order valence-electron chi connectivity index (χ4n) is 1.82. The normalized spacial score (nSPS) is 14.4. The zero-order valence-corrected chi connectivity index (χ0v) is 10.8. The number of nitrogens with one attached hydrogen (secondary N) is 1. The maximum atomic E-state index is 13.7. The molecule has 1 saturated carbocycles. The van der Waals surface area contributed by atoms with Crippen LogP contribution in [0.2, 0.25) is 5.02 Å². The van der Waals surface area contributed by atoms with Crippen LogP contribution in [0.1, 0.15) is 24.6 Å². The topological polar surface area (TPSA) is 63.8 Å². The Bertz CT molecular complexity index is 608. The molecule has 1 aliphatic rings. The second kappa shape index (κ2) is 4.66. The van der Waals surface area contributed by atoms with Crippen molar-refractivity contribution in [3.05, 3.63) is 40.9 Å². The van der Waals surface area contributed by atoms with Gasteiger partial charge < -0.3 is 11.1 Å². The van der Waals surface area contributed by atoms with Crippen molar-refractivity contribution in [2.75, 3.05) is 11.1 Å². The Labute approximate surface area is 114 Å². The molecule has 0 amide bonds. The predicted molar refractivity (Wildman–Crippen MR) is 73.1 cm³/mol. The number of aromatic nitrogens is 2. The predicted octanol–water partition coefficient (Wildman–Crippen LogP) is 3.47. The molecule has 1 aromatic heterocycles. The summed E-state index contributed by atoms with van der Waals surface area (Å²) in [5.41, 5.74) is 5.94. The van der Waals surface area contributed by atoms with Crippen LogP contribution in [0.15, 0.2) is 24.3 Å². The molecule has 4 nitrogen and oxygen atoms in total. The molecule has 1 aliphatic carbocycles. The van der Waals surface area contributed by atoms with Gasteiger partial charge in [-0.3, -0.25) is 0 Å². The van der Waals surface area contributed by atoms with Crippen LogP contribution >= 0.6 is 11.6 Å². The fourth-order valence-corrected chi connectivity index (χ4v) is 2.03. The minimum Gasteiger partial charge on any atom is -0.384 e. The quantitative estimate of drug-likeness (QED) is 0.902. The summed E-state index contributed by atoms with van der Waals surface area (Å²) in [6, 6.07) is 6.06. The van der Waals surface area contributed by atoms with Gasteiger partial charge in [-0.05, 0) is 25.0 Å². The van der Waals surface area contributed by atoms with Crippen LogP contribution in [0, 0.1) is 5.82 Å². The molecule has 0 spiro atoms. The van der Waals surface area contributed by atoms with E-state index < -0.39 is 5.82 Å². The summed E-state index contributed by atoms with van der Waals surface area (Å²) in [7, 11) is 0. The van der Waals surface area contributed by atoms with Gasteiger partial charge in [-0.15, -0.1) is 0 Å². The Kier molecular flexibility index (Phi) is 2.98. The first kappa shape index (κ1) is 12.2. The lowest BCUT2D eigenvalue weighted by molar-refractivity contribution is 0.632. The summed E-state index contributed by atoms with van der Waals surface area (Å²) in [6.45, 7) is 0. The molecule has 0 radical (unpaired) electrons. The Morgan fingerprint density at radius 2 is 2.11 bits per heavy atom. The lowest BCUT2D eigenvalue weighted by Gasteiger charge is -2.10. The van der Waals surface area contributed by atoms with Crippen LogP contribution in [0.4, 0.5) is 21.7 Å². The lowest BCUT2D eigenvalue weighted by Crippen LogP contribution is -2.03. The summed E-state index contributed by atoms with van der Waals surface area (Å²) in [5, 5.41) is 3.16. The van der Waals surface area contributed by atoms with Crippen molar-refractivity contribution in [3.8, 4) is 0 Å². The van der Waals surface area contributed by atoms with E-state index in [9.17, 15) is 4.39 Å². The first-order valence-electron chi connectivity index (χ1n) is 5.99. The van der Waals surface area contributed by atoms with E-state index in [4.69, 9.17) is 17.3 Å². The Morgan fingerprint density at radius 1 is 1.32 bits per heavy atom. The zero-order chi connectivity index (χ0) is 13.4. The number of rotatable bonds is 3. The minimum absolute atomic E-state index is 0.198. The van der Waals surface area contributed by atoms with E-state index in [0.29, 0.717) is 28.4 Å². The van der Waals surface area contributed by atoms with Crippen LogP contribution in [-0.4, -0.2) is 9.97 Å². The third kappa shape index (κ3) is 2.61. The first-order chi connectivity index (χ1) is 9.13. The van der Waals surface area contributed by atoms with Crippen molar-refractivity contribution in [1.82, 2.24) is 9.97 Å². The molecule has 1 heterocycles. The van der Waals surface area contributed by atoms with Crippen molar-refractivity contribution in [1.29, 1.82) is 0 Å². The summed E-state index contributed by atoms with van der Waals surface area (Å²) >= 11 is 5.96. The zero-order valence-electron chi connectivity index (χ0n) is 10.0. The number of nitrogens with two attached hydrogens (primary N) is 1. The highest BCUT2D eigenvalue weighted by molar-refractivity contribution is 6.33. The Hall–Kier alpha value is -1.88. The third-order valence-electron chi connectivity index (χ3n) is 2.92. The molecule has 0 bridgehead atoms. The molecule has 3 rings (SSSR count). The molecule has 1 aromatic carbocycles. The number of para-hydroxylation sites is 1. The summed E-state index contributed by atoms with van der Waals surface area (Å²) in [6.07, 6.45) is 2.15.